The van der Waals surface area contributed by atoms with Crippen molar-refractivity contribution in [1.82, 2.24) is 5.32 Å². The maximum absolute atomic E-state index is 13.0. The summed E-state index contributed by atoms with van der Waals surface area (Å²) in [5.74, 6) is 0. The number of hydrogen-bond donors (Lipinski definition) is 1. The maximum Gasteiger partial charge on any atom is 0.407 e. The van der Waals surface area contributed by atoms with Crippen molar-refractivity contribution in [3.05, 3.63) is 0 Å². The van der Waals surface area contributed by atoms with Gasteiger partial charge in [0.1, 0.15) is 11.3 Å². The van der Waals surface area contributed by atoms with Crippen molar-refractivity contribution < 1.29 is 13.9 Å². The Morgan fingerprint density at radius 3 is 2.46 bits per heavy atom. The van der Waals surface area contributed by atoms with E-state index in [-0.39, 0.29) is 6.54 Å². The number of carbonyl (C=O) groups is 1. The van der Waals surface area contributed by atoms with Crippen LogP contribution in [0.15, 0.2) is 0 Å². The SMILES string of the molecule is CC(C)(C)OC(=O)NCC1(F)CC1. The molecule has 0 atom stereocenters. The minimum atomic E-state index is -1.16. The smallest absolute Gasteiger partial charge is 0.407 e. The van der Waals surface area contributed by atoms with Crippen molar-refractivity contribution in [2.45, 2.75) is 44.9 Å². The van der Waals surface area contributed by atoms with E-state index in [0.717, 1.165) is 0 Å². The fourth-order valence-electron chi connectivity index (χ4n) is 0.857. The van der Waals surface area contributed by atoms with E-state index in [4.69, 9.17) is 4.74 Å². The van der Waals surface area contributed by atoms with Crippen LogP contribution in [0.3, 0.4) is 0 Å². The van der Waals surface area contributed by atoms with Crippen LogP contribution in [0.1, 0.15) is 33.6 Å². The molecular formula is C9H16FNO2. The van der Waals surface area contributed by atoms with E-state index in [9.17, 15) is 9.18 Å². The summed E-state index contributed by atoms with van der Waals surface area (Å²) in [7, 11) is 0. The van der Waals surface area contributed by atoms with Crippen LogP contribution < -0.4 is 5.32 Å². The van der Waals surface area contributed by atoms with Gasteiger partial charge >= 0.3 is 6.09 Å². The summed E-state index contributed by atoms with van der Waals surface area (Å²) >= 11 is 0. The lowest BCUT2D eigenvalue weighted by molar-refractivity contribution is 0.0509. The van der Waals surface area contributed by atoms with Gasteiger partial charge in [0, 0.05) is 0 Å². The highest BCUT2D eigenvalue weighted by Gasteiger charge is 2.43. The number of hydrogen-bond acceptors (Lipinski definition) is 2. The summed E-state index contributed by atoms with van der Waals surface area (Å²) < 4.78 is 18.0. The summed E-state index contributed by atoms with van der Waals surface area (Å²) in [4.78, 5) is 11.0. The topological polar surface area (TPSA) is 38.3 Å². The molecule has 1 N–H and O–H groups in total. The van der Waals surface area contributed by atoms with Crippen LogP contribution >= 0.6 is 0 Å². The Morgan fingerprint density at radius 1 is 1.54 bits per heavy atom. The molecule has 1 aliphatic carbocycles. The first-order chi connectivity index (χ1) is 5.81. The first kappa shape index (κ1) is 10.3. The van der Waals surface area contributed by atoms with Gasteiger partial charge < -0.3 is 10.1 Å². The molecule has 1 amide bonds. The molecule has 1 aliphatic rings. The summed E-state index contributed by atoms with van der Waals surface area (Å²) in [5, 5.41) is 2.41. The Hall–Kier alpha value is -0.800. The van der Waals surface area contributed by atoms with Gasteiger partial charge in [0.15, 0.2) is 0 Å². The third-order valence-electron chi connectivity index (χ3n) is 1.74. The van der Waals surface area contributed by atoms with Crippen LogP contribution in [-0.4, -0.2) is 23.9 Å². The van der Waals surface area contributed by atoms with Gasteiger partial charge in [0.2, 0.25) is 0 Å². The fraction of sp³-hybridized carbons (Fsp3) is 0.889. The highest BCUT2D eigenvalue weighted by molar-refractivity contribution is 5.67. The number of amides is 1. The quantitative estimate of drug-likeness (QED) is 0.721. The number of carbonyl (C=O) groups excluding carboxylic acids is 1. The van der Waals surface area contributed by atoms with Gasteiger partial charge in [-0.15, -0.1) is 0 Å². The monoisotopic (exact) mass is 189 g/mol. The minimum Gasteiger partial charge on any atom is -0.444 e. The van der Waals surface area contributed by atoms with Crippen molar-refractivity contribution in [1.29, 1.82) is 0 Å². The number of alkyl carbamates (subject to hydrolysis) is 1. The molecule has 0 aromatic rings. The minimum absolute atomic E-state index is 0.0713. The molecular weight excluding hydrogens is 173 g/mol. The first-order valence-corrected chi connectivity index (χ1v) is 4.47. The third-order valence-corrected chi connectivity index (χ3v) is 1.74. The van der Waals surface area contributed by atoms with Crippen molar-refractivity contribution in [3.63, 3.8) is 0 Å². The molecule has 4 heteroatoms. The van der Waals surface area contributed by atoms with Gasteiger partial charge in [-0.3, -0.25) is 0 Å². The molecule has 0 spiro atoms. The molecule has 3 nitrogen and oxygen atoms in total. The van der Waals surface area contributed by atoms with E-state index in [2.05, 4.69) is 5.32 Å². The molecule has 0 unspecified atom stereocenters. The molecule has 13 heavy (non-hydrogen) atoms. The van der Waals surface area contributed by atoms with Crippen LogP contribution in [0.25, 0.3) is 0 Å². The van der Waals surface area contributed by atoms with Gasteiger partial charge in [0.25, 0.3) is 0 Å². The van der Waals surface area contributed by atoms with E-state index in [0.29, 0.717) is 12.8 Å². The van der Waals surface area contributed by atoms with Crippen molar-refractivity contribution >= 4 is 6.09 Å². The number of alkyl halides is 1. The van der Waals surface area contributed by atoms with Crippen LogP contribution in [0.2, 0.25) is 0 Å². The Kier molecular flexibility index (Phi) is 2.50. The van der Waals surface area contributed by atoms with Crippen molar-refractivity contribution in [2.75, 3.05) is 6.54 Å². The van der Waals surface area contributed by atoms with E-state index in [1.807, 2.05) is 0 Å². The van der Waals surface area contributed by atoms with Crippen LogP contribution in [0.4, 0.5) is 9.18 Å². The highest BCUT2D eigenvalue weighted by Crippen LogP contribution is 2.38. The first-order valence-electron chi connectivity index (χ1n) is 4.47. The predicted molar refractivity (Wildman–Crippen MR) is 47.3 cm³/mol. The van der Waals surface area contributed by atoms with Gasteiger partial charge in [-0.05, 0) is 33.6 Å². The van der Waals surface area contributed by atoms with Crippen LogP contribution in [0.5, 0.6) is 0 Å². The summed E-state index contributed by atoms with van der Waals surface area (Å²) in [6, 6.07) is 0. The van der Waals surface area contributed by atoms with Gasteiger partial charge in [-0.2, -0.15) is 0 Å². The average molecular weight is 189 g/mol. The van der Waals surface area contributed by atoms with Gasteiger partial charge in [0.05, 0.1) is 6.54 Å². The van der Waals surface area contributed by atoms with Gasteiger partial charge in [-0.1, -0.05) is 0 Å². The number of halogens is 1. The van der Waals surface area contributed by atoms with E-state index >= 15 is 0 Å². The Labute approximate surface area is 77.6 Å². The molecule has 76 valence electrons. The molecule has 1 fully saturated rings. The molecule has 0 aromatic heterocycles. The average Bonchev–Trinajstić information content (AvgIpc) is 2.62. The molecule has 0 radical (unpaired) electrons. The molecule has 1 saturated carbocycles. The van der Waals surface area contributed by atoms with E-state index in [1.54, 1.807) is 20.8 Å². The lowest BCUT2D eigenvalue weighted by Gasteiger charge is -2.20. The zero-order valence-electron chi connectivity index (χ0n) is 8.32. The number of nitrogens with one attached hydrogen (secondary N) is 1. The number of ether oxygens (including phenoxy) is 1. The summed E-state index contributed by atoms with van der Waals surface area (Å²) in [6.07, 6.45) is 0.544. The fourth-order valence-corrected chi connectivity index (χ4v) is 0.857. The standard InChI is InChI=1S/C9H16FNO2/c1-8(2,3)13-7(12)11-6-9(10)4-5-9/h4-6H2,1-3H3,(H,11,12). The molecule has 0 heterocycles. The van der Waals surface area contributed by atoms with Crippen LogP contribution in [0, 0.1) is 0 Å². The lowest BCUT2D eigenvalue weighted by atomic mass is 10.2. The Morgan fingerprint density at radius 2 is 2.08 bits per heavy atom. The second-order valence-corrected chi connectivity index (χ2v) is 4.51. The zero-order valence-corrected chi connectivity index (χ0v) is 8.32. The Balaban J connectivity index is 2.18. The molecule has 0 aliphatic heterocycles. The second-order valence-electron chi connectivity index (χ2n) is 4.51. The van der Waals surface area contributed by atoms with Crippen molar-refractivity contribution in [2.24, 2.45) is 0 Å². The predicted octanol–water partition coefficient (Wildman–Crippen LogP) is 2.01. The third kappa shape index (κ3) is 4.10. The zero-order chi connectivity index (χ0) is 10.1. The van der Waals surface area contributed by atoms with E-state index < -0.39 is 17.4 Å². The maximum atomic E-state index is 13.0. The Bertz CT molecular complexity index is 206. The summed E-state index contributed by atoms with van der Waals surface area (Å²) in [5.41, 5.74) is -1.67. The number of rotatable bonds is 2. The lowest BCUT2D eigenvalue weighted by Crippen LogP contribution is -2.36. The van der Waals surface area contributed by atoms with Crippen molar-refractivity contribution in [3.8, 4) is 0 Å². The summed E-state index contributed by atoms with van der Waals surface area (Å²) in [6.45, 7) is 5.39. The normalized spacial score (nSPS) is 19.4. The highest BCUT2D eigenvalue weighted by atomic mass is 19.1. The van der Waals surface area contributed by atoms with Crippen LogP contribution in [-0.2, 0) is 4.74 Å². The molecule has 0 aromatic carbocycles. The molecule has 1 rings (SSSR count). The molecule has 0 bridgehead atoms. The van der Waals surface area contributed by atoms with E-state index in [1.165, 1.54) is 0 Å². The molecule has 0 saturated heterocycles. The largest absolute Gasteiger partial charge is 0.444 e. The van der Waals surface area contributed by atoms with Gasteiger partial charge in [-0.25, -0.2) is 9.18 Å². The second kappa shape index (κ2) is 3.16.